The van der Waals surface area contributed by atoms with Gasteiger partial charge in [-0.2, -0.15) is 4.39 Å². The van der Waals surface area contributed by atoms with Crippen molar-refractivity contribution in [1.29, 1.82) is 0 Å². The molecule has 1 rings (SSSR count). The fourth-order valence-electron chi connectivity index (χ4n) is 1.12. The van der Waals surface area contributed by atoms with Crippen LogP contribution in [0.1, 0.15) is 5.56 Å². The van der Waals surface area contributed by atoms with Gasteiger partial charge in [0.2, 0.25) is 5.82 Å². The number of rotatable bonds is 5. The van der Waals surface area contributed by atoms with Gasteiger partial charge in [-0.3, -0.25) is 4.79 Å². The van der Waals surface area contributed by atoms with Gasteiger partial charge in [-0.25, -0.2) is 4.39 Å². The van der Waals surface area contributed by atoms with Crippen LogP contribution in [0.25, 0.3) is 0 Å². The lowest BCUT2D eigenvalue weighted by Gasteiger charge is -2.07. The summed E-state index contributed by atoms with van der Waals surface area (Å²) in [6, 6.07) is 2.54. The van der Waals surface area contributed by atoms with Crippen molar-refractivity contribution in [3.63, 3.8) is 0 Å². The lowest BCUT2D eigenvalue weighted by molar-refractivity contribution is -0.109. The van der Waals surface area contributed by atoms with Crippen molar-refractivity contribution < 1.29 is 23.4 Å². The molecule has 0 saturated carbocycles. The van der Waals surface area contributed by atoms with Gasteiger partial charge in [-0.05, 0) is 18.1 Å². The topological polar surface area (TPSA) is 46.5 Å². The average Bonchev–Trinajstić information content (AvgIpc) is 2.24. The molecule has 0 atom stereocenters. The van der Waals surface area contributed by atoms with Crippen molar-refractivity contribution in [3.8, 4) is 5.75 Å². The third kappa shape index (κ3) is 2.73. The molecule has 0 amide bonds. The van der Waals surface area contributed by atoms with E-state index in [1.807, 2.05) is 0 Å². The van der Waals surface area contributed by atoms with Crippen LogP contribution in [0.4, 0.5) is 8.78 Å². The highest BCUT2D eigenvalue weighted by Crippen LogP contribution is 2.22. The van der Waals surface area contributed by atoms with E-state index in [0.29, 0.717) is 6.29 Å². The van der Waals surface area contributed by atoms with Crippen LogP contribution in [0.5, 0.6) is 5.75 Å². The number of hydrogen-bond donors (Lipinski definition) is 1. The minimum absolute atomic E-state index is 0.0384. The summed E-state index contributed by atoms with van der Waals surface area (Å²) < 4.78 is 31.1. The summed E-state index contributed by atoms with van der Waals surface area (Å²) >= 11 is 0. The molecule has 0 saturated heterocycles. The van der Waals surface area contributed by atoms with Gasteiger partial charge >= 0.3 is 0 Å². The van der Waals surface area contributed by atoms with E-state index in [4.69, 9.17) is 5.11 Å². The Morgan fingerprint density at radius 3 is 2.67 bits per heavy atom. The van der Waals surface area contributed by atoms with Gasteiger partial charge < -0.3 is 9.84 Å². The van der Waals surface area contributed by atoms with Gasteiger partial charge in [0, 0.05) is 6.61 Å². The maximum Gasteiger partial charge on any atom is 0.200 e. The normalized spacial score (nSPS) is 10.1. The summed E-state index contributed by atoms with van der Waals surface area (Å²) in [5.41, 5.74) is 0.0773. The summed E-state index contributed by atoms with van der Waals surface area (Å²) in [6.45, 7) is -0.583. The molecule has 3 nitrogen and oxygen atoms in total. The van der Waals surface area contributed by atoms with E-state index in [0.717, 1.165) is 0 Å². The minimum Gasteiger partial charge on any atom is -0.483 e. The highest BCUT2D eigenvalue weighted by molar-refractivity contribution is 5.51. The van der Waals surface area contributed by atoms with E-state index in [-0.39, 0.29) is 30.9 Å². The number of carbonyl (C=O) groups excluding carboxylic acids is 1. The molecule has 0 spiro atoms. The molecule has 0 aromatic heterocycles. The van der Waals surface area contributed by atoms with Crippen LogP contribution in [0.3, 0.4) is 0 Å². The van der Waals surface area contributed by atoms with Crippen LogP contribution in [0, 0.1) is 11.6 Å². The first-order chi connectivity index (χ1) is 7.20. The Morgan fingerprint density at radius 2 is 2.07 bits per heavy atom. The summed E-state index contributed by atoms with van der Waals surface area (Å²) in [4.78, 5) is 9.97. The van der Waals surface area contributed by atoms with Gasteiger partial charge in [-0.15, -0.1) is 0 Å². The van der Waals surface area contributed by atoms with Crippen molar-refractivity contribution in [3.05, 3.63) is 29.3 Å². The molecule has 0 heterocycles. The predicted molar refractivity (Wildman–Crippen MR) is 48.7 cm³/mol. The number of ether oxygens (including phenoxy) is 1. The number of hydrogen-bond acceptors (Lipinski definition) is 3. The molecular formula is C10H10F2O3. The summed E-state index contributed by atoms with van der Waals surface area (Å²) in [6.07, 6.45) is 0.482. The first-order valence-corrected chi connectivity index (χ1v) is 4.35. The smallest absolute Gasteiger partial charge is 0.200 e. The Balaban J connectivity index is 2.93. The quantitative estimate of drug-likeness (QED) is 0.749. The largest absolute Gasteiger partial charge is 0.483 e. The number of halogens is 2. The van der Waals surface area contributed by atoms with E-state index in [2.05, 4.69) is 4.74 Å². The van der Waals surface area contributed by atoms with Crippen LogP contribution < -0.4 is 4.74 Å². The molecule has 15 heavy (non-hydrogen) atoms. The van der Waals surface area contributed by atoms with Gasteiger partial charge in [0.1, 0.15) is 6.61 Å². The Kier molecular flexibility index (Phi) is 4.17. The number of aliphatic hydroxyl groups is 1. The first-order valence-electron chi connectivity index (χ1n) is 4.35. The zero-order valence-electron chi connectivity index (χ0n) is 7.87. The third-order valence-corrected chi connectivity index (χ3v) is 1.81. The van der Waals surface area contributed by atoms with E-state index in [1.165, 1.54) is 12.1 Å². The van der Waals surface area contributed by atoms with E-state index >= 15 is 0 Å². The highest BCUT2D eigenvalue weighted by atomic mass is 19.2. The lowest BCUT2D eigenvalue weighted by Crippen LogP contribution is -2.04. The Morgan fingerprint density at radius 1 is 1.33 bits per heavy atom. The number of benzene rings is 1. The van der Waals surface area contributed by atoms with E-state index in [9.17, 15) is 13.6 Å². The number of aliphatic hydroxyl groups excluding tert-OH is 1. The van der Waals surface area contributed by atoms with Gasteiger partial charge in [0.05, 0.1) is 0 Å². The molecular weight excluding hydrogens is 206 g/mol. The van der Waals surface area contributed by atoms with Crippen LogP contribution in [-0.2, 0) is 11.2 Å². The van der Waals surface area contributed by atoms with E-state index < -0.39 is 11.6 Å². The molecule has 1 aromatic rings. The molecule has 0 aliphatic carbocycles. The fourth-order valence-corrected chi connectivity index (χ4v) is 1.12. The molecule has 1 N–H and O–H groups in total. The Bertz CT molecular complexity index is 353. The Hall–Kier alpha value is -1.49. The number of aldehydes is 1. The molecule has 5 heteroatoms. The maximum atomic E-state index is 13.2. The molecule has 0 aliphatic heterocycles. The predicted octanol–water partition coefficient (Wildman–Crippen LogP) is 1.08. The standard InChI is InChI=1S/C10H10F2O3/c11-9-7(3-4-13)1-2-8(10(9)12)15-6-5-14/h1-2,5,13H,3-4,6H2. The van der Waals surface area contributed by atoms with Crippen molar-refractivity contribution >= 4 is 6.29 Å². The maximum absolute atomic E-state index is 13.2. The molecule has 0 unspecified atom stereocenters. The Labute approximate surface area is 85.3 Å². The monoisotopic (exact) mass is 216 g/mol. The molecule has 0 aliphatic rings. The van der Waals surface area contributed by atoms with Crippen molar-refractivity contribution in [2.75, 3.05) is 13.2 Å². The molecule has 0 radical (unpaired) electrons. The SMILES string of the molecule is O=CCOc1ccc(CCO)c(F)c1F. The zero-order chi connectivity index (χ0) is 11.3. The van der Waals surface area contributed by atoms with Crippen LogP contribution in [-0.4, -0.2) is 24.6 Å². The zero-order valence-corrected chi connectivity index (χ0v) is 7.87. The summed E-state index contributed by atoms with van der Waals surface area (Å²) in [7, 11) is 0. The highest BCUT2D eigenvalue weighted by Gasteiger charge is 2.13. The van der Waals surface area contributed by atoms with Gasteiger partial charge in [-0.1, -0.05) is 6.07 Å². The summed E-state index contributed by atoms with van der Waals surface area (Å²) in [5.74, 6) is -2.49. The van der Waals surface area contributed by atoms with Crippen LogP contribution in [0.15, 0.2) is 12.1 Å². The van der Waals surface area contributed by atoms with Crippen molar-refractivity contribution in [1.82, 2.24) is 0 Å². The third-order valence-electron chi connectivity index (χ3n) is 1.81. The molecule has 0 bridgehead atoms. The lowest BCUT2D eigenvalue weighted by atomic mass is 10.1. The first kappa shape index (κ1) is 11.6. The van der Waals surface area contributed by atoms with Crippen molar-refractivity contribution in [2.45, 2.75) is 6.42 Å². The van der Waals surface area contributed by atoms with Crippen molar-refractivity contribution in [2.24, 2.45) is 0 Å². The van der Waals surface area contributed by atoms with Gasteiger partial charge in [0.25, 0.3) is 0 Å². The molecule has 0 fully saturated rings. The molecule has 1 aromatic carbocycles. The molecule has 82 valence electrons. The number of carbonyl (C=O) groups is 1. The van der Waals surface area contributed by atoms with Gasteiger partial charge in [0.15, 0.2) is 17.9 Å². The second kappa shape index (κ2) is 5.41. The minimum atomic E-state index is -1.14. The summed E-state index contributed by atoms with van der Waals surface area (Å²) in [5, 5.41) is 8.58. The van der Waals surface area contributed by atoms with E-state index in [1.54, 1.807) is 0 Å². The average molecular weight is 216 g/mol. The van der Waals surface area contributed by atoms with Crippen LogP contribution in [0.2, 0.25) is 0 Å². The van der Waals surface area contributed by atoms with Crippen LogP contribution >= 0.6 is 0 Å². The second-order valence-corrected chi connectivity index (χ2v) is 2.80. The second-order valence-electron chi connectivity index (χ2n) is 2.80. The fraction of sp³-hybridized carbons (Fsp3) is 0.300.